The number of para-hydroxylation sites is 1. The number of nitrogens with zero attached hydrogens (tertiary/aromatic N) is 2. The highest BCUT2D eigenvalue weighted by Crippen LogP contribution is 2.42. The molecule has 0 spiro atoms. The van der Waals surface area contributed by atoms with Gasteiger partial charge in [-0.25, -0.2) is 0 Å². The summed E-state index contributed by atoms with van der Waals surface area (Å²) in [5, 5.41) is 13.1. The second-order valence-corrected chi connectivity index (χ2v) is 9.50. The molecule has 35 heavy (non-hydrogen) atoms. The first-order valence-corrected chi connectivity index (χ1v) is 12.1. The number of amides is 2. The molecule has 1 saturated heterocycles. The summed E-state index contributed by atoms with van der Waals surface area (Å²) in [6.07, 6.45) is 0.401. The molecule has 0 bridgehead atoms. The van der Waals surface area contributed by atoms with Crippen LogP contribution < -0.4 is 15.0 Å². The lowest BCUT2D eigenvalue weighted by molar-refractivity contribution is -0.117. The third kappa shape index (κ3) is 5.35. The molecule has 1 aliphatic heterocycles. The van der Waals surface area contributed by atoms with Crippen molar-refractivity contribution in [1.29, 1.82) is 5.26 Å². The van der Waals surface area contributed by atoms with Crippen LogP contribution in [0.25, 0.3) is 0 Å². The third-order valence-corrected chi connectivity index (χ3v) is 7.04. The zero-order valence-corrected chi connectivity index (χ0v) is 20.7. The Morgan fingerprint density at radius 3 is 2.54 bits per heavy atom. The Bertz CT molecular complexity index is 1350. The van der Waals surface area contributed by atoms with Gasteiger partial charge in [-0.1, -0.05) is 53.7 Å². The molecule has 176 valence electrons. The summed E-state index contributed by atoms with van der Waals surface area (Å²) >= 11 is 7.34. The van der Waals surface area contributed by atoms with Crippen LogP contribution in [0.2, 0.25) is 5.02 Å². The number of methoxy groups -OCH3 is 1. The zero-order chi connectivity index (χ0) is 24.9. The summed E-state index contributed by atoms with van der Waals surface area (Å²) < 4.78 is 5.23. The summed E-state index contributed by atoms with van der Waals surface area (Å²) in [4.78, 5) is 28.2. The number of benzene rings is 3. The molecule has 1 aliphatic rings. The van der Waals surface area contributed by atoms with E-state index in [0.29, 0.717) is 33.6 Å². The third-order valence-electron chi connectivity index (χ3n) is 5.54. The average molecular weight is 504 g/mol. The molecule has 1 unspecified atom stereocenters. The van der Waals surface area contributed by atoms with Crippen LogP contribution in [0.4, 0.5) is 11.4 Å². The number of anilines is 2. The second-order valence-electron chi connectivity index (χ2n) is 7.87. The van der Waals surface area contributed by atoms with E-state index in [-0.39, 0.29) is 11.5 Å². The summed E-state index contributed by atoms with van der Waals surface area (Å²) in [5.74, 6) is -0.155. The molecule has 0 saturated carbocycles. The number of halogens is 1. The van der Waals surface area contributed by atoms with Gasteiger partial charge in [0.15, 0.2) is 0 Å². The summed E-state index contributed by atoms with van der Waals surface area (Å²) in [6, 6.07) is 23.6. The van der Waals surface area contributed by atoms with Crippen molar-refractivity contribution in [3.8, 4) is 11.8 Å². The normalized spacial score (nSPS) is 16.6. The lowest BCUT2D eigenvalue weighted by Crippen LogP contribution is -2.31. The monoisotopic (exact) mass is 503 g/mol. The Balaban J connectivity index is 1.74. The van der Waals surface area contributed by atoms with E-state index in [1.807, 2.05) is 43.3 Å². The first-order chi connectivity index (χ1) is 16.9. The molecule has 1 N–H and O–H groups in total. The summed E-state index contributed by atoms with van der Waals surface area (Å²) in [5.41, 5.74) is 2.78. The zero-order valence-electron chi connectivity index (χ0n) is 19.1. The van der Waals surface area contributed by atoms with Gasteiger partial charge in [-0.3, -0.25) is 14.5 Å². The van der Waals surface area contributed by atoms with Gasteiger partial charge in [0.1, 0.15) is 22.4 Å². The highest BCUT2D eigenvalue weighted by molar-refractivity contribution is 8.05. The molecular formula is C27H22ClN3O3S. The minimum absolute atomic E-state index is 0.129. The topological polar surface area (TPSA) is 82.4 Å². The van der Waals surface area contributed by atoms with E-state index in [9.17, 15) is 14.9 Å². The van der Waals surface area contributed by atoms with Gasteiger partial charge >= 0.3 is 0 Å². The van der Waals surface area contributed by atoms with Gasteiger partial charge < -0.3 is 10.1 Å². The molecule has 0 aromatic heterocycles. The molecule has 1 heterocycles. The van der Waals surface area contributed by atoms with Crippen LogP contribution in [0, 0.1) is 18.3 Å². The lowest BCUT2D eigenvalue weighted by atomic mass is 10.1. The molecule has 2 amide bonds. The van der Waals surface area contributed by atoms with Crippen molar-refractivity contribution >= 4 is 46.6 Å². The first kappa shape index (κ1) is 24.4. The molecule has 8 heteroatoms. The fraction of sp³-hybridized carbons (Fsp3) is 0.148. The molecule has 3 aromatic rings. The standard InChI is InChI=1S/C27H22ClN3O3S/c1-17-6-3-4-9-23(17)30-25(32)22(16-29)27-31(20-10-12-21(34-2)13-11-20)26(33)24(35-27)15-18-7-5-8-19(28)14-18/h3-14,24H,15H2,1-2H3,(H,30,32)/b27-22-. The predicted octanol–water partition coefficient (Wildman–Crippen LogP) is 5.72. The molecule has 1 atom stereocenters. The van der Waals surface area contributed by atoms with Gasteiger partial charge in [-0.05, 0) is 66.9 Å². The highest BCUT2D eigenvalue weighted by Gasteiger charge is 2.40. The van der Waals surface area contributed by atoms with Crippen molar-refractivity contribution in [2.24, 2.45) is 0 Å². The van der Waals surface area contributed by atoms with Crippen molar-refractivity contribution in [2.45, 2.75) is 18.6 Å². The molecule has 3 aromatic carbocycles. The predicted molar refractivity (Wildman–Crippen MR) is 139 cm³/mol. The van der Waals surface area contributed by atoms with Gasteiger partial charge in [0, 0.05) is 16.4 Å². The van der Waals surface area contributed by atoms with Crippen molar-refractivity contribution in [3.63, 3.8) is 0 Å². The number of hydrogen-bond acceptors (Lipinski definition) is 5. The van der Waals surface area contributed by atoms with Gasteiger partial charge in [0.25, 0.3) is 5.91 Å². The van der Waals surface area contributed by atoms with E-state index in [4.69, 9.17) is 16.3 Å². The van der Waals surface area contributed by atoms with Crippen LogP contribution in [0.15, 0.2) is 83.4 Å². The van der Waals surface area contributed by atoms with E-state index >= 15 is 0 Å². The molecular weight excluding hydrogens is 482 g/mol. The smallest absolute Gasteiger partial charge is 0.269 e. The van der Waals surface area contributed by atoms with Crippen LogP contribution in [0.1, 0.15) is 11.1 Å². The fourth-order valence-electron chi connectivity index (χ4n) is 3.73. The van der Waals surface area contributed by atoms with Crippen molar-refractivity contribution in [3.05, 3.63) is 99.5 Å². The van der Waals surface area contributed by atoms with E-state index in [1.54, 1.807) is 49.6 Å². The van der Waals surface area contributed by atoms with Gasteiger partial charge in [-0.2, -0.15) is 5.26 Å². The molecule has 0 aliphatic carbocycles. The fourth-order valence-corrected chi connectivity index (χ4v) is 5.25. The number of thioether (sulfide) groups is 1. The van der Waals surface area contributed by atoms with E-state index < -0.39 is 11.2 Å². The number of nitriles is 1. The summed E-state index contributed by atoms with van der Waals surface area (Å²) in [7, 11) is 1.56. The van der Waals surface area contributed by atoms with Crippen LogP contribution in [-0.2, 0) is 16.0 Å². The average Bonchev–Trinajstić information content (AvgIpc) is 3.16. The SMILES string of the molecule is COc1ccc(N2C(=O)C(Cc3cccc(Cl)c3)S/C2=C(/C#N)C(=O)Nc2ccccc2C)cc1. The number of rotatable bonds is 6. The summed E-state index contributed by atoms with van der Waals surface area (Å²) in [6.45, 7) is 1.87. The Hall–Kier alpha value is -3.73. The number of nitrogens with one attached hydrogen (secondary N) is 1. The number of carbonyl (C=O) groups is 2. The van der Waals surface area contributed by atoms with Crippen molar-refractivity contribution < 1.29 is 14.3 Å². The molecule has 4 rings (SSSR count). The van der Waals surface area contributed by atoms with Crippen LogP contribution >= 0.6 is 23.4 Å². The second kappa shape index (κ2) is 10.7. The number of aryl methyl sites for hydroxylation is 1. The lowest BCUT2D eigenvalue weighted by Gasteiger charge is -2.19. The maximum Gasteiger partial charge on any atom is 0.269 e. The quantitative estimate of drug-likeness (QED) is 0.343. The Morgan fingerprint density at radius 2 is 1.89 bits per heavy atom. The first-order valence-electron chi connectivity index (χ1n) is 10.8. The Kier molecular flexibility index (Phi) is 7.45. The minimum atomic E-state index is -0.570. The van der Waals surface area contributed by atoms with Gasteiger partial charge in [-0.15, -0.1) is 0 Å². The molecule has 1 fully saturated rings. The van der Waals surface area contributed by atoms with E-state index in [0.717, 1.165) is 11.1 Å². The van der Waals surface area contributed by atoms with Crippen molar-refractivity contribution in [2.75, 3.05) is 17.3 Å². The maximum atomic E-state index is 13.6. The minimum Gasteiger partial charge on any atom is -0.497 e. The van der Waals surface area contributed by atoms with Crippen LogP contribution in [0.3, 0.4) is 0 Å². The molecule has 6 nitrogen and oxygen atoms in total. The van der Waals surface area contributed by atoms with E-state index in [2.05, 4.69) is 5.32 Å². The van der Waals surface area contributed by atoms with Crippen LogP contribution in [0.5, 0.6) is 5.75 Å². The van der Waals surface area contributed by atoms with Gasteiger partial charge in [0.05, 0.1) is 12.4 Å². The highest BCUT2D eigenvalue weighted by atomic mass is 35.5. The Morgan fingerprint density at radius 1 is 1.14 bits per heavy atom. The van der Waals surface area contributed by atoms with Crippen LogP contribution in [-0.4, -0.2) is 24.2 Å². The molecule has 0 radical (unpaired) electrons. The van der Waals surface area contributed by atoms with Crippen molar-refractivity contribution in [1.82, 2.24) is 0 Å². The van der Waals surface area contributed by atoms with Gasteiger partial charge in [0.2, 0.25) is 5.91 Å². The maximum absolute atomic E-state index is 13.6. The number of carbonyl (C=O) groups excluding carboxylic acids is 2. The number of hydrogen-bond donors (Lipinski definition) is 1. The largest absolute Gasteiger partial charge is 0.497 e. The van der Waals surface area contributed by atoms with E-state index in [1.165, 1.54) is 16.7 Å². The number of ether oxygens (including phenoxy) is 1. The Labute approximate surface area is 213 Å².